The highest BCUT2D eigenvalue weighted by atomic mass is 32.2. The highest BCUT2D eigenvalue weighted by Gasteiger charge is 2.60. The Hall–Kier alpha value is -2.96. The molecule has 0 saturated carbocycles. The molecule has 3 aromatic rings. The van der Waals surface area contributed by atoms with Crippen LogP contribution < -0.4 is 4.74 Å². The normalized spacial score (nSPS) is 20.8. The molecule has 1 fully saturated rings. The predicted molar refractivity (Wildman–Crippen MR) is 110 cm³/mol. The second kappa shape index (κ2) is 7.46. The summed E-state index contributed by atoms with van der Waals surface area (Å²) in [6.07, 6.45) is 0. The minimum Gasteiger partial charge on any atom is -0.497 e. The van der Waals surface area contributed by atoms with Crippen LogP contribution in [0.25, 0.3) is 0 Å². The number of hydrogen-bond acceptors (Lipinski definition) is 4. The average Bonchev–Trinajstić information content (AvgIpc) is 3.51. The molecule has 1 saturated heterocycles. The Morgan fingerprint density at radius 1 is 0.897 bits per heavy atom. The number of aryl methyl sites for hydroxylation is 1. The first-order chi connectivity index (χ1) is 13.9. The van der Waals surface area contributed by atoms with Crippen molar-refractivity contribution in [2.75, 3.05) is 7.11 Å². The Labute approximate surface area is 170 Å². The molecule has 0 aliphatic carbocycles. The highest BCUT2D eigenvalue weighted by molar-refractivity contribution is 7.89. The van der Waals surface area contributed by atoms with Gasteiger partial charge in [-0.25, -0.2) is 8.42 Å². The van der Waals surface area contributed by atoms with Gasteiger partial charge in [0.1, 0.15) is 11.8 Å². The summed E-state index contributed by atoms with van der Waals surface area (Å²) in [5.41, 5.74) is 2.23. The second-order valence-corrected chi connectivity index (χ2v) is 8.88. The Morgan fingerprint density at radius 3 is 2.10 bits per heavy atom. The Kier molecular flexibility index (Phi) is 4.98. The van der Waals surface area contributed by atoms with Crippen LogP contribution in [0.4, 0.5) is 0 Å². The van der Waals surface area contributed by atoms with Gasteiger partial charge < -0.3 is 4.74 Å². The van der Waals surface area contributed by atoms with E-state index in [1.165, 1.54) is 4.31 Å². The van der Waals surface area contributed by atoms with Crippen molar-refractivity contribution >= 4 is 15.8 Å². The van der Waals surface area contributed by atoms with Crippen LogP contribution in [-0.2, 0) is 10.0 Å². The van der Waals surface area contributed by atoms with Crippen LogP contribution in [0.1, 0.15) is 27.5 Å². The molecule has 0 bridgehead atoms. The van der Waals surface area contributed by atoms with Crippen LogP contribution in [0.3, 0.4) is 0 Å². The van der Waals surface area contributed by atoms with E-state index in [0.29, 0.717) is 11.3 Å². The van der Waals surface area contributed by atoms with Crippen molar-refractivity contribution in [3.8, 4) is 5.75 Å². The van der Waals surface area contributed by atoms with E-state index in [0.717, 1.165) is 11.1 Å². The lowest BCUT2D eigenvalue weighted by Crippen LogP contribution is -2.19. The fraction of sp³-hybridized carbons (Fsp3) is 0.174. The SMILES string of the molecule is COc1ccc(C(=O)[C@H]2[C@H](c3ccccc3)N2S(=O)(=O)c2ccc(C)cc2)cc1. The van der Waals surface area contributed by atoms with Crippen molar-refractivity contribution < 1.29 is 17.9 Å². The van der Waals surface area contributed by atoms with Crippen LogP contribution in [0.5, 0.6) is 5.75 Å². The molecule has 5 nitrogen and oxygen atoms in total. The number of Topliss-reactive ketones (excluding diaryl/α,β-unsaturated/α-hetero) is 1. The number of carbonyl (C=O) groups excluding carboxylic acids is 1. The van der Waals surface area contributed by atoms with Gasteiger partial charge >= 0.3 is 0 Å². The Balaban J connectivity index is 1.72. The van der Waals surface area contributed by atoms with E-state index in [1.807, 2.05) is 37.3 Å². The minimum atomic E-state index is -3.81. The molecule has 6 heteroatoms. The standard InChI is InChI=1S/C23H21NO4S/c1-16-8-14-20(15-9-16)29(26,27)24-21(17-6-4-3-5-7-17)22(24)23(25)18-10-12-19(28-2)13-11-18/h3-15,21-22H,1-2H3/t21-,22+,24?/m0/s1. The van der Waals surface area contributed by atoms with Gasteiger partial charge in [0.15, 0.2) is 5.78 Å². The molecule has 3 aromatic carbocycles. The minimum absolute atomic E-state index is 0.189. The van der Waals surface area contributed by atoms with Crippen molar-refractivity contribution in [1.82, 2.24) is 4.31 Å². The number of ketones is 1. The Bertz CT molecular complexity index is 1120. The van der Waals surface area contributed by atoms with Crippen LogP contribution >= 0.6 is 0 Å². The molecule has 1 unspecified atom stereocenters. The molecule has 1 aliphatic rings. The van der Waals surface area contributed by atoms with E-state index in [2.05, 4.69) is 0 Å². The number of methoxy groups -OCH3 is 1. The number of sulfonamides is 1. The predicted octanol–water partition coefficient (Wildman–Crippen LogP) is 4.00. The van der Waals surface area contributed by atoms with Gasteiger partial charge in [-0.2, -0.15) is 4.31 Å². The second-order valence-electron chi connectivity index (χ2n) is 7.04. The number of hydrogen-bond donors (Lipinski definition) is 0. The summed E-state index contributed by atoms with van der Waals surface area (Å²) in [5, 5.41) is 0. The summed E-state index contributed by atoms with van der Waals surface area (Å²) < 4.78 is 33.0. The molecular formula is C23H21NO4S. The van der Waals surface area contributed by atoms with E-state index in [1.54, 1.807) is 55.6 Å². The van der Waals surface area contributed by atoms with E-state index in [9.17, 15) is 13.2 Å². The molecule has 0 amide bonds. The van der Waals surface area contributed by atoms with Gasteiger partial charge in [-0.3, -0.25) is 4.79 Å². The molecule has 29 heavy (non-hydrogen) atoms. The number of nitrogens with zero attached hydrogens (tertiary/aromatic N) is 1. The third-order valence-electron chi connectivity index (χ3n) is 5.14. The molecule has 0 radical (unpaired) electrons. The van der Waals surface area contributed by atoms with Crippen molar-refractivity contribution in [3.05, 3.63) is 95.6 Å². The van der Waals surface area contributed by atoms with Crippen molar-refractivity contribution in [3.63, 3.8) is 0 Å². The van der Waals surface area contributed by atoms with Crippen molar-refractivity contribution in [2.45, 2.75) is 23.9 Å². The lowest BCUT2D eigenvalue weighted by Gasteiger charge is -2.07. The molecule has 148 valence electrons. The van der Waals surface area contributed by atoms with Crippen molar-refractivity contribution in [2.24, 2.45) is 0 Å². The number of rotatable bonds is 6. The third kappa shape index (κ3) is 3.57. The summed E-state index contributed by atoms with van der Waals surface area (Å²) in [6.45, 7) is 1.90. The van der Waals surface area contributed by atoms with Gasteiger partial charge in [-0.05, 0) is 48.9 Å². The first-order valence-electron chi connectivity index (χ1n) is 9.27. The fourth-order valence-corrected chi connectivity index (χ4v) is 5.22. The summed E-state index contributed by atoms with van der Waals surface area (Å²) in [4.78, 5) is 13.4. The van der Waals surface area contributed by atoms with Crippen LogP contribution in [0, 0.1) is 6.92 Å². The lowest BCUT2D eigenvalue weighted by molar-refractivity contribution is 0.0981. The molecule has 4 rings (SSSR count). The van der Waals surface area contributed by atoms with Gasteiger partial charge in [-0.15, -0.1) is 0 Å². The largest absolute Gasteiger partial charge is 0.497 e. The number of ether oxygens (including phenoxy) is 1. The van der Waals surface area contributed by atoms with Gasteiger partial charge in [0, 0.05) is 5.56 Å². The molecule has 0 aromatic heterocycles. The van der Waals surface area contributed by atoms with E-state index in [-0.39, 0.29) is 10.7 Å². The zero-order valence-electron chi connectivity index (χ0n) is 16.1. The third-order valence-corrected chi connectivity index (χ3v) is 7.02. The van der Waals surface area contributed by atoms with Crippen LogP contribution in [0.15, 0.2) is 83.8 Å². The molecule has 3 atom stereocenters. The van der Waals surface area contributed by atoms with E-state index < -0.39 is 22.1 Å². The van der Waals surface area contributed by atoms with E-state index >= 15 is 0 Å². The fourth-order valence-electron chi connectivity index (χ4n) is 3.51. The maximum atomic E-state index is 13.3. The Morgan fingerprint density at radius 2 is 1.52 bits per heavy atom. The number of carbonyl (C=O) groups is 1. The van der Waals surface area contributed by atoms with E-state index in [4.69, 9.17) is 4.74 Å². The highest BCUT2D eigenvalue weighted by Crippen LogP contribution is 2.49. The van der Waals surface area contributed by atoms with Gasteiger partial charge in [0.2, 0.25) is 10.0 Å². The molecule has 0 spiro atoms. The zero-order chi connectivity index (χ0) is 20.6. The quantitative estimate of drug-likeness (QED) is 0.458. The van der Waals surface area contributed by atoms with Crippen molar-refractivity contribution in [1.29, 1.82) is 0 Å². The molecule has 1 aliphatic heterocycles. The van der Waals surface area contributed by atoms with Crippen LogP contribution in [0.2, 0.25) is 0 Å². The molecule has 1 heterocycles. The average molecular weight is 407 g/mol. The lowest BCUT2D eigenvalue weighted by atomic mass is 10.0. The summed E-state index contributed by atoms with van der Waals surface area (Å²) in [6, 6.07) is 21.4. The smallest absolute Gasteiger partial charge is 0.244 e. The first kappa shape index (κ1) is 19.4. The van der Waals surface area contributed by atoms with Gasteiger partial charge in [0.25, 0.3) is 0 Å². The summed E-state index contributed by atoms with van der Waals surface area (Å²) in [5.74, 6) is 0.415. The first-order valence-corrected chi connectivity index (χ1v) is 10.7. The van der Waals surface area contributed by atoms with Crippen LogP contribution in [-0.4, -0.2) is 31.7 Å². The maximum absolute atomic E-state index is 13.3. The molecular weight excluding hydrogens is 386 g/mol. The van der Waals surface area contributed by atoms with Gasteiger partial charge in [-0.1, -0.05) is 48.0 Å². The summed E-state index contributed by atoms with van der Waals surface area (Å²) >= 11 is 0. The zero-order valence-corrected chi connectivity index (χ0v) is 17.0. The summed E-state index contributed by atoms with van der Waals surface area (Å²) in [7, 11) is -2.25. The molecule has 0 N–H and O–H groups in total. The number of benzene rings is 3. The van der Waals surface area contributed by atoms with Gasteiger partial charge in [0.05, 0.1) is 18.0 Å². The maximum Gasteiger partial charge on any atom is 0.244 e. The topological polar surface area (TPSA) is 63.5 Å². The monoisotopic (exact) mass is 407 g/mol.